The van der Waals surface area contributed by atoms with Crippen molar-refractivity contribution >= 4 is 126 Å². The molecule has 1 aliphatic carbocycles. The van der Waals surface area contributed by atoms with E-state index in [9.17, 15) is 24.0 Å². The summed E-state index contributed by atoms with van der Waals surface area (Å²) in [6, 6.07) is 7.37. The lowest BCUT2D eigenvalue weighted by molar-refractivity contribution is -0.161. The number of allylic oxidation sites excluding steroid dienone is 2. The maximum absolute atomic E-state index is 13.9. The highest BCUT2D eigenvalue weighted by atomic mass is 32.2. The Morgan fingerprint density at radius 1 is 0.700 bits per heavy atom. The number of carbonyl (C=O) groups is 5. The minimum absolute atomic E-state index is 0.0666. The summed E-state index contributed by atoms with van der Waals surface area (Å²) in [6.45, 7) is 13.1. The lowest BCUT2D eigenvalue weighted by atomic mass is 9.90. The van der Waals surface area contributed by atoms with Crippen molar-refractivity contribution in [1.82, 2.24) is 5.32 Å². The van der Waals surface area contributed by atoms with E-state index in [-0.39, 0.29) is 49.8 Å². The van der Waals surface area contributed by atoms with Gasteiger partial charge in [-0.15, -0.1) is 11.8 Å². The molecule has 1 amide bonds. The number of benzene rings is 1. The number of hydrogen-bond donors (Lipinski definition) is 1. The summed E-state index contributed by atoms with van der Waals surface area (Å²) in [5.74, 6) is -3.34. The molecule has 3 rings (SSSR count). The number of hydrogen-bond acceptors (Lipinski definition) is 19. The van der Waals surface area contributed by atoms with Crippen molar-refractivity contribution in [2.45, 2.75) is 92.2 Å². The minimum atomic E-state index is -1.88. The normalized spacial score (nSPS) is 16.2. The molecule has 20 heteroatoms. The predicted octanol–water partition coefficient (Wildman–Crippen LogP) is 7.41. The van der Waals surface area contributed by atoms with E-state index in [2.05, 4.69) is 5.32 Å². The first-order valence-corrected chi connectivity index (χ1v) is 23.4. The fourth-order valence-corrected chi connectivity index (χ4v) is 10.9. The Hall–Kier alpha value is -2.88. The number of carbonyl (C=O) groups excluding carboxylic acids is 5. The Bertz CT molecular complexity index is 1750. The monoisotopic (exact) mass is 961 g/mol. The summed E-state index contributed by atoms with van der Waals surface area (Å²) >= 11 is 20.2. The molecule has 2 atom stereocenters. The van der Waals surface area contributed by atoms with Crippen LogP contribution < -0.4 is 5.32 Å². The Morgan fingerprint density at radius 2 is 1.13 bits per heavy atom. The molecule has 2 unspecified atom stereocenters. The van der Waals surface area contributed by atoms with Gasteiger partial charge in [-0.3, -0.25) is 24.0 Å². The number of thiocarbonyl (C=S) groups is 3. The zero-order valence-corrected chi connectivity index (χ0v) is 40.6. The molecule has 0 bridgehead atoms. The van der Waals surface area contributed by atoms with Gasteiger partial charge in [-0.1, -0.05) is 59.6 Å². The Balaban J connectivity index is 1.95. The number of ether oxygens (including phenoxy) is 7. The predicted molar refractivity (Wildman–Crippen MR) is 249 cm³/mol. The SMILES string of the molecule is CCOC(=S)SC(C)(C)C(=O)OCC(COC(=O)C(C)(C)SC(=S)OCC)(COC(=O)C(C)(C)SC(=S)OCC)NC(=O)COC1=CC2C(=O)c3ccccc3SC2C=C1. The summed E-state index contributed by atoms with van der Waals surface area (Å²) in [5, 5.41) is 2.61. The van der Waals surface area contributed by atoms with E-state index >= 15 is 0 Å². The number of Topliss-reactive ketones (excluding diaryl/α,β-unsaturated/α-hetero) is 1. The van der Waals surface area contributed by atoms with E-state index < -0.39 is 75.9 Å². The van der Waals surface area contributed by atoms with Crippen molar-refractivity contribution in [3.8, 4) is 0 Å². The second-order valence-corrected chi connectivity index (χ2v) is 22.5. The fraction of sp³-hybridized carbons (Fsp3) is 0.550. The Morgan fingerprint density at radius 3 is 1.57 bits per heavy atom. The second kappa shape index (κ2) is 23.0. The van der Waals surface area contributed by atoms with E-state index in [4.69, 9.17) is 69.8 Å². The molecule has 1 heterocycles. The van der Waals surface area contributed by atoms with Gasteiger partial charge >= 0.3 is 17.9 Å². The van der Waals surface area contributed by atoms with Gasteiger partial charge in [-0.05, 0) is 117 Å². The summed E-state index contributed by atoms with van der Waals surface area (Å²) in [7, 11) is 0. The third-order valence-electron chi connectivity index (χ3n) is 8.36. The van der Waals surface area contributed by atoms with Crippen molar-refractivity contribution < 1.29 is 57.1 Å². The summed E-state index contributed by atoms with van der Waals surface area (Å²) in [6.07, 6.45) is 5.21. The summed E-state index contributed by atoms with van der Waals surface area (Å²) in [5.41, 5.74) is -1.27. The van der Waals surface area contributed by atoms with Crippen LogP contribution in [-0.4, -0.2) is 114 Å². The number of rotatable bonds is 19. The molecular formula is C40H51NO12S7. The van der Waals surface area contributed by atoms with Gasteiger partial charge in [0.2, 0.25) is 13.1 Å². The van der Waals surface area contributed by atoms with Gasteiger partial charge in [-0.2, -0.15) is 0 Å². The molecule has 60 heavy (non-hydrogen) atoms. The van der Waals surface area contributed by atoms with E-state index in [0.29, 0.717) is 5.56 Å². The zero-order valence-electron chi connectivity index (χ0n) is 34.9. The van der Waals surface area contributed by atoms with Gasteiger partial charge in [-0.25, -0.2) is 0 Å². The molecule has 0 saturated carbocycles. The molecule has 1 aromatic carbocycles. The maximum atomic E-state index is 13.9. The zero-order chi connectivity index (χ0) is 44.9. The van der Waals surface area contributed by atoms with Gasteiger partial charge in [0, 0.05) is 15.7 Å². The van der Waals surface area contributed by atoms with E-state index in [0.717, 1.165) is 40.2 Å². The van der Waals surface area contributed by atoms with Crippen LogP contribution in [0.15, 0.2) is 53.1 Å². The number of fused-ring (bicyclic) bond motifs is 2. The van der Waals surface area contributed by atoms with Crippen molar-refractivity contribution in [3.63, 3.8) is 0 Å². The molecule has 0 fully saturated rings. The third kappa shape index (κ3) is 15.2. The van der Waals surface area contributed by atoms with Crippen molar-refractivity contribution in [2.75, 3.05) is 46.2 Å². The second-order valence-electron chi connectivity index (χ2n) is 14.6. The van der Waals surface area contributed by atoms with Crippen molar-refractivity contribution in [3.05, 3.63) is 53.8 Å². The highest BCUT2D eigenvalue weighted by Gasteiger charge is 2.44. The molecule has 0 radical (unpaired) electrons. The van der Waals surface area contributed by atoms with Crippen molar-refractivity contribution in [1.29, 1.82) is 0 Å². The molecule has 1 aliphatic heterocycles. The molecule has 0 spiro atoms. The lowest BCUT2D eigenvalue weighted by Crippen LogP contribution is -2.61. The van der Waals surface area contributed by atoms with Crippen LogP contribution in [0.1, 0.15) is 72.7 Å². The third-order valence-corrected chi connectivity index (χ3v) is 13.7. The largest absolute Gasteiger partial charge is 0.484 e. The van der Waals surface area contributed by atoms with Gasteiger partial charge in [0.25, 0.3) is 5.91 Å². The minimum Gasteiger partial charge on any atom is -0.484 e. The van der Waals surface area contributed by atoms with Crippen LogP contribution in [0.2, 0.25) is 0 Å². The maximum Gasteiger partial charge on any atom is 0.322 e. The van der Waals surface area contributed by atoms with Crippen LogP contribution in [0, 0.1) is 5.92 Å². The van der Waals surface area contributed by atoms with Gasteiger partial charge in [0.05, 0.1) is 25.7 Å². The van der Waals surface area contributed by atoms with Crippen LogP contribution in [0.3, 0.4) is 0 Å². The van der Waals surface area contributed by atoms with Gasteiger partial charge in [0.1, 0.15) is 45.4 Å². The van der Waals surface area contributed by atoms with Crippen LogP contribution >= 0.6 is 83.7 Å². The molecule has 1 N–H and O–H groups in total. The molecule has 330 valence electrons. The van der Waals surface area contributed by atoms with Crippen LogP contribution in [-0.2, 0) is 52.3 Å². The standard InChI is InChI=1S/C40H51NO12S7/c1-10-47-34(54)58-37(4,5)31(44)51-21-40(22-52-32(45)38(6,7)59-35(55)48-11-2,23-53-33(46)39(8,9)60-36(56)49-12-3)41-29(42)20-50-24-17-18-28-26(19-24)30(43)25-15-13-14-16-27(25)57-28/h13-19,26,28H,10-12,20-23H2,1-9H3,(H,41,42). The number of amides is 1. The first-order chi connectivity index (χ1) is 28.1. The van der Waals surface area contributed by atoms with Gasteiger partial charge < -0.3 is 38.5 Å². The molecular weight excluding hydrogens is 911 g/mol. The van der Waals surface area contributed by atoms with Gasteiger partial charge in [0.15, 0.2) is 12.4 Å². The molecule has 13 nitrogen and oxygen atoms in total. The average Bonchev–Trinajstić information content (AvgIpc) is 3.17. The lowest BCUT2D eigenvalue weighted by Gasteiger charge is -2.36. The van der Waals surface area contributed by atoms with Crippen LogP contribution in [0.4, 0.5) is 0 Å². The highest BCUT2D eigenvalue weighted by Crippen LogP contribution is 2.42. The number of esters is 3. The smallest absolute Gasteiger partial charge is 0.322 e. The number of thioether (sulfide) groups is 4. The quantitative estimate of drug-likeness (QED) is 0.0828. The van der Waals surface area contributed by atoms with E-state index in [1.54, 1.807) is 98.4 Å². The van der Waals surface area contributed by atoms with Crippen LogP contribution in [0.5, 0.6) is 0 Å². The van der Waals surface area contributed by atoms with Crippen molar-refractivity contribution in [2.24, 2.45) is 5.92 Å². The Labute approximate surface area is 384 Å². The van der Waals surface area contributed by atoms with E-state index in [1.165, 1.54) is 0 Å². The summed E-state index contributed by atoms with van der Waals surface area (Å²) in [4.78, 5) is 69.1. The molecule has 0 saturated heterocycles. The van der Waals surface area contributed by atoms with E-state index in [1.807, 2.05) is 18.2 Å². The first-order valence-electron chi connectivity index (χ1n) is 18.8. The number of ketones is 1. The first kappa shape index (κ1) is 51.5. The summed E-state index contributed by atoms with van der Waals surface area (Å²) < 4.78 is 35.9. The average molecular weight is 962 g/mol. The Kier molecular flexibility index (Phi) is 19.7. The molecule has 2 aliphatic rings. The highest BCUT2D eigenvalue weighted by molar-refractivity contribution is 8.24. The molecule has 1 aromatic rings. The topological polar surface area (TPSA) is 162 Å². The van der Waals surface area contributed by atoms with Crippen LogP contribution in [0.25, 0.3) is 0 Å². The molecule has 0 aromatic heterocycles. The fourth-order valence-electron chi connectivity index (χ4n) is 5.21. The number of nitrogens with one attached hydrogen (secondary N) is 1.